The third-order valence-corrected chi connectivity index (χ3v) is 2.42. The van der Waals surface area contributed by atoms with Crippen LogP contribution in [0.1, 0.15) is 17.2 Å². The Morgan fingerprint density at radius 2 is 1.94 bits per heavy atom. The molecule has 0 radical (unpaired) electrons. The van der Waals surface area contributed by atoms with Gasteiger partial charge >= 0.3 is 0 Å². The first-order chi connectivity index (χ1) is 8.15. The van der Waals surface area contributed by atoms with Crippen molar-refractivity contribution in [2.24, 2.45) is 7.05 Å². The molecule has 0 aliphatic heterocycles. The fraction of sp³-hybridized carbons (Fsp3) is 0.455. The van der Waals surface area contributed by atoms with Crippen molar-refractivity contribution in [3.8, 4) is 0 Å². The van der Waals surface area contributed by atoms with Crippen LogP contribution in [0.3, 0.4) is 0 Å². The van der Waals surface area contributed by atoms with E-state index in [4.69, 9.17) is 0 Å². The second-order valence-electron chi connectivity index (χ2n) is 4.01. The highest BCUT2D eigenvalue weighted by Crippen LogP contribution is 2.03. The standard InChI is InChI=1S/C11H16N6/c1-8-6-9(2)15-11(14-8)12-5-4-10-16-13-7-17(10)3/h6-7H,4-5H2,1-3H3,(H,12,14,15). The van der Waals surface area contributed by atoms with E-state index >= 15 is 0 Å². The summed E-state index contributed by atoms with van der Waals surface area (Å²) in [7, 11) is 1.93. The van der Waals surface area contributed by atoms with Crippen LogP contribution in [-0.4, -0.2) is 31.3 Å². The Labute approximate surface area is 100 Å². The summed E-state index contributed by atoms with van der Waals surface area (Å²) >= 11 is 0. The third-order valence-electron chi connectivity index (χ3n) is 2.42. The Kier molecular flexibility index (Phi) is 3.32. The van der Waals surface area contributed by atoms with E-state index in [2.05, 4.69) is 25.5 Å². The lowest BCUT2D eigenvalue weighted by molar-refractivity contribution is 0.785. The Morgan fingerprint density at radius 1 is 1.24 bits per heavy atom. The van der Waals surface area contributed by atoms with Crippen molar-refractivity contribution in [3.05, 3.63) is 29.6 Å². The largest absolute Gasteiger partial charge is 0.354 e. The van der Waals surface area contributed by atoms with E-state index in [1.807, 2.05) is 31.5 Å². The van der Waals surface area contributed by atoms with Gasteiger partial charge in [-0.1, -0.05) is 0 Å². The summed E-state index contributed by atoms with van der Waals surface area (Å²) < 4.78 is 1.91. The molecule has 0 atom stereocenters. The summed E-state index contributed by atoms with van der Waals surface area (Å²) in [6.45, 7) is 4.67. The zero-order valence-electron chi connectivity index (χ0n) is 10.3. The Hall–Kier alpha value is -1.98. The highest BCUT2D eigenvalue weighted by Gasteiger charge is 2.02. The average molecular weight is 232 g/mol. The zero-order valence-corrected chi connectivity index (χ0v) is 10.3. The number of aromatic nitrogens is 5. The minimum absolute atomic E-state index is 0.671. The summed E-state index contributed by atoms with van der Waals surface area (Å²) in [6, 6.07) is 1.95. The zero-order chi connectivity index (χ0) is 12.3. The lowest BCUT2D eigenvalue weighted by Gasteiger charge is -2.06. The quantitative estimate of drug-likeness (QED) is 0.847. The topological polar surface area (TPSA) is 68.5 Å². The normalized spacial score (nSPS) is 10.5. The van der Waals surface area contributed by atoms with Gasteiger partial charge in [-0.3, -0.25) is 0 Å². The second kappa shape index (κ2) is 4.90. The fourth-order valence-electron chi connectivity index (χ4n) is 1.62. The van der Waals surface area contributed by atoms with Crippen LogP contribution in [0.4, 0.5) is 5.95 Å². The third kappa shape index (κ3) is 2.99. The van der Waals surface area contributed by atoms with Gasteiger partial charge in [0.15, 0.2) is 0 Å². The fourth-order valence-corrected chi connectivity index (χ4v) is 1.62. The van der Waals surface area contributed by atoms with E-state index < -0.39 is 0 Å². The average Bonchev–Trinajstić information content (AvgIpc) is 2.63. The van der Waals surface area contributed by atoms with Gasteiger partial charge in [0.25, 0.3) is 0 Å². The second-order valence-corrected chi connectivity index (χ2v) is 4.01. The van der Waals surface area contributed by atoms with E-state index in [1.165, 1.54) is 0 Å². The molecule has 17 heavy (non-hydrogen) atoms. The summed E-state index contributed by atoms with van der Waals surface area (Å²) in [5.41, 5.74) is 1.94. The molecule has 6 heteroatoms. The van der Waals surface area contributed by atoms with Crippen molar-refractivity contribution in [2.45, 2.75) is 20.3 Å². The highest BCUT2D eigenvalue weighted by atomic mass is 15.2. The van der Waals surface area contributed by atoms with Gasteiger partial charge in [-0.25, -0.2) is 9.97 Å². The predicted octanol–water partition coefficient (Wildman–Crippen LogP) is 0.877. The maximum Gasteiger partial charge on any atom is 0.223 e. The number of rotatable bonds is 4. The SMILES string of the molecule is Cc1cc(C)nc(NCCc2nncn2C)n1. The number of nitrogens with one attached hydrogen (secondary N) is 1. The first-order valence-electron chi connectivity index (χ1n) is 5.54. The maximum atomic E-state index is 4.31. The Morgan fingerprint density at radius 3 is 2.53 bits per heavy atom. The highest BCUT2D eigenvalue weighted by molar-refractivity contribution is 5.27. The van der Waals surface area contributed by atoms with Crippen LogP contribution in [-0.2, 0) is 13.5 Å². The molecular weight excluding hydrogens is 216 g/mol. The monoisotopic (exact) mass is 232 g/mol. The number of aryl methyl sites for hydroxylation is 3. The molecular formula is C11H16N6. The molecule has 2 aromatic heterocycles. The minimum Gasteiger partial charge on any atom is -0.354 e. The molecule has 0 aliphatic rings. The Balaban J connectivity index is 1.92. The van der Waals surface area contributed by atoms with Gasteiger partial charge in [-0.15, -0.1) is 10.2 Å². The molecule has 0 spiro atoms. The van der Waals surface area contributed by atoms with E-state index in [9.17, 15) is 0 Å². The Bertz CT molecular complexity index is 484. The van der Waals surface area contributed by atoms with Gasteiger partial charge in [0.1, 0.15) is 12.2 Å². The molecule has 0 bridgehead atoms. The van der Waals surface area contributed by atoms with Crippen molar-refractivity contribution >= 4 is 5.95 Å². The summed E-state index contributed by atoms with van der Waals surface area (Å²) in [5.74, 6) is 1.62. The molecule has 1 N–H and O–H groups in total. The molecule has 2 heterocycles. The van der Waals surface area contributed by atoms with Gasteiger partial charge in [0.05, 0.1) is 0 Å². The van der Waals surface area contributed by atoms with Crippen LogP contribution in [0.25, 0.3) is 0 Å². The van der Waals surface area contributed by atoms with Crippen LogP contribution in [0, 0.1) is 13.8 Å². The van der Waals surface area contributed by atoms with Gasteiger partial charge in [-0.05, 0) is 19.9 Å². The molecule has 2 rings (SSSR count). The number of nitrogens with zero attached hydrogens (tertiary/aromatic N) is 5. The summed E-state index contributed by atoms with van der Waals surface area (Å²) in [4.78, 5) is 8.62. The number of anilines is 1. The summed E-state index contributed by atoms with van der Waals surface area (Å²) in [6.07, 6.45) is 2.50. The molecule has 2 aromatic rings. The van der Waals surface area contributed by atoms with Crippen molar-refractivity contribution in [1.29, 1.82) is 0 Å². The first-order valence-corrected chi connectivity index (χ1v) is 5.54. The van der Waals surface area contributed by atoms with Crippen LogP contribution in [0.2, 0.25) is 0 Å². The van der Waals surface area contributed by atoms with Gasteiger partial charge in [0.2, 0.25) is 5.95 Å². The van der Waals surface area contributed by atoms with Crippen LogP contribution >= 0.6 is 0 Å². The predicted molar refractivity (Wildman–Crippen MR) is 64.7 cm³/mol. The van der Waals surface area contributed by atoms with E-state index in [0.717, 1.165) is 30.2 Å². The number of hydrogen-bond donors (Lipinski definition) is 1. The van der Waals surface area contributed by atoms with Gasteiger partial charge in [0, 0.05) is 31.4 Å². The molecule has 90 valence electrons. The first kappa shape index (κ1) is 11.5. The van der Waals surface area contributed by atoms with E-state index in [-0.39, 0.29) is 0 Å². The minimum atomic E-state index is 0.671. The van der Waals surface area contributed by atoms with E-state index in [1.54, 1.807) is 6.33 Å². The molecule has 0 aliphatic carbocycles. The molecule has 0 amide bonds. The van der Waals surface area contributed by atoms with Crippen molar-refractivity contribution in [3.63, 3.8) is 0 Å². The molecule has 0 aromatic carbocycles. The molecule has 0 saturated heterocycles. The smallest absolute Gasteiger partial charge is 0.223 e. The number of hydrogen-bond acceptors (Lipinski definition) is 5. The van der Waals surface area contributed by atoms with Gasteiger partial charge < -0.3 is 9.88 Å². The van der Waals surface area contributed by atoms with Gasteiger partial charge in [-0.2, -0.15) is 0 Å². The molecule has 6 nitrogen and oxygen atoms in total. The maximum absolute atomic E-state index is 4.31. The lowest BCUT2D eigenvalue weighted by atomic mass is 10.3. The summed E-state index contributed by atoms with van der Waals surface area (Å²) in [5, 5.41) is 11.0. The van der Waals surface area contributed by atoms with E-state index in [0.29, 0.717) is 5.95 Å². The molecule has 0 unspecified atom stereocenters. The van der Waals surface area contributed by atoms with Crippen molar-refractivity contribution < 1.29 is 0 Å². The van der Waals surface area contributed by atoms with Crippen molar-refractivity contribution in [2.75, 3.05) is 11.9 Å². The van der Waals surface area contributed by atoms with Crippen molar-refractivity contribution in [1.82, 2.24) is 24.7 Å². The molecule has 0 saturated carbocycles. The lowest BCUT2D eigenvalue weighted by Crippen LogP contribution is -2.11. The van der Waals surface area contributed by atoms with Crippen LogP contribution in [0.5, 0.6) is 0 Å². The van der Waals surface area contributed by atoms with Crippen LogP contribution < -0.4 is 5.32 Å². The van der Waals surface area contributed by atoms with Crippen LogP contribution in [0.15, 0.2) is 12.4 Å². The molecule has 0 fully saturated rings.